The van der Waals surface area contributed by atoms with Crippen molar-refractivity contribution in [3.63, 3.8) is 0 Å². The van der Waals surface area contributed by atoms with E-state index in [1.807, 2.05) is 57.3 Å². The average Bonchev–Trinajstić information content (AvgIpc) is 2.43. The van der Waals surface area contributed by atoms with Crippen LogP contribution in [0.4, 0.5) is 0 Å². The first-order valence-electron chi connectivity index (χ1n) is 6.46. The Bertz CT molecular complexity index is 854. The molecule has 0 aliphatic rings. The molecule has 0 aliphatic heterocycles. The van der Waals surface area contributed by atoms with Crippen molar-refractivity contribution in [1.29, 1.82) is 0 Å². The lowest BCUT2D eigenvalue weighted by atomic mass is 10.3. The molecule has 0 saturated heterocycles. The highest BCUT2D eigenvalue weighted by molar-refractivity contribution is 14.1. The summed E-state index contributed by atoms with van der Waals surface area (Å²) in [6, 6.07) is 7.23. The number of rotatable bonds is 6. The fraction of sp³-hybridized carbons (Fsp3) is 0.143. The summed E-state index contributed by atoms with van der Waals surface area (Å²) in [4.78, 5) is -0.0969. The molecule has 0 spiro atoms. The molecule has 0 heterocycles. The van der Waals surface area contributed by atoms with E-state index in [1.54, 1.807) is 12.1 Å². The van der Waals surface area contributed by atoms with E-state index in [0.717, 1.165) is 16.5 Å². The summed E-state index contributed by atoms with van der Waals surface area (Å²) in [5.74, 6) is 1.35. The van der Waals surface area contributed by atoms with Crippen LogP contribution in [0.15, 0.2) is 29.2 Å². The topological polar surface area (TPSA) is 72.8 Å². The molecule has 11 heteroatoms. The lowest BCUT2D eigenvalue weighted by molar-refractivity contribution is 0.215. The van der Waals surface area contributed by atoms with Crippen LogP contribution in [0.3, 0.4) is 0 Å². The third-order valence-electron chi connectivity index (χ3n) is 2.79. The molecule has 2 rings (SSSR count). The van der Waals surface area contributed by atoms with Crippen molar-refractivity contribution in [2.24, 2.45) is 0 Å². The fourth-order valence-electron chi connectivity index (χ4n) is 1.84. The molecule has 0 amide bonds. The number of benzene rings is 2. The monoisotopic (exact) mass is 924 g/mol. The first-order chi connectivity index (χ1) is 11.6. The van der Waals surface area contributed by atoms with Crippen molar-refractivity contribution in [3.05, 3.63) is 42.1 Å². The predicted molar refractivity (Wildman–Crippen MR) is 137 cm³/mol. The maximum atomic E-state index is 11.4. The Morgan fingerprint density at radius 2 is 1.28 bits per heavy atom. The first kappa shape index (κ1) is 22.9. The Morgan fingerprint density at radius 1 is 0.800 bits per heavy atom. The Balaban J connectivity index is 2.02. The zero-order valence-electron chi connectivity index (χ0n) is 12.1. The zero-order valence-corrected chi connectivity index (χ0v) is 23.7. The predicted octanol–water partition coefficient (Wildman–Crippen LogP) is 5.41. The first-order valence-corrected chi connectivity index (χ1v) is 13.3. The molecule has 0 saturated carbocycles. The van der Waals surface area contributed by atoms with Crippen LogP contribution in [0.5, 0.6) is 11.5 Å². The maximum absolute atomic E-state index is 11.4. The van der Waals surface area contributed by atoms with Gasteiger partial charge in [-0.05, 0) is 137 Å². The van der Waals surface area contributed by atoms with Crippen LogP contribution in [-0.4, -0.2) is 26.2 Å². The Labute approximate surface area is 213 Å². The molecule has 5 nitrogen and oxygen atoms in total. The molecule has 0 fully saturated rings. The smallest absolute Gasteiger partial charge is 0.296 e. The minimum atomic E-state index is -4.25. The van der Waals surface area contributed by atoms with Gasteiger partial charge in [0.05, 0.1) is 7.14 Å². The number of hydrogen-bond donors (Lipinski definition) is 1. The van der Waals surface area contributed by atoms with Crippen LogP contribution in [-0.2, 0) is 10.1 Å². The van der Waals surface area contributed by atoms with Crippen LogP contribution in [0, 0.1) is 17.9 Å². The molecule has 0 unspecified atom stereocenters. The molecule has 0 bridgehead atoms. The second kappa shape index (κ2) is 9.88. The minimum absolute atomic E-state index is 0.0969. The normalized spacial score (nSPS) is 11.4. The van der Waals surface area contributed by atoms with Crippen LogP contribution in [0.1, 0.15) is 0 Å². The second-order valence-corrected chi connectivity index (χ2v) is 11.8. The molecule has 2 aromatic rings. The lowest BCUT2D eigenvalue weighted by Gasteiger charge is -2.13. The summed E-state index contributed by atoms with van der Waals surface area (Å²) in [6.07, 6.45) is 0. The van der Waals surface area contributed by atoms with Gasteiger partial charge in [-0.15, -0.1) is 0 Å². The van der Waals surface area contributed by atoms with Crippen molar-refractivity contribution in [2.75, 3.05) is 13.2 Å². The van der Waals surface area contributed by atoms with Crippen molar-refractivity contribution in [2.45, 2.75) is 4.90 Å². The van der Waals surface area contributed by atoms with Crippen molar-refractivity contribution in [3.8, 4) is 11.5 Å². The summed E-state index contributed by atoms with van der Waals surface area (Å²) in [5, 5.41) is 0. The molecular formula is C14H9I5O5S. The number of ether oxygens (including phenoxy) is 2. The van der Waals surface area contributed by atoms with E-state index >= 15 is 0 Å². The number of hydrogen-bond acceptors (Lipinski definition) is 4. The number of halogens is 5. The van der Waals surface area contributed by atoms with Gasteiger partial charge in [-0.2, -0.15) is 8.42 Å². The van der Waals surface area contributed by atoms with Crippen LogP contribution in [0.25, 0.3) is 0 Å². The Kier molecular flexibility index (Phi) is 9.04. The highest BCUT2D eigenvalue weighted by Crippen LogP contribution is 2.30. The molecule has 0 atom stereocenters. The van der Waals surface area contributed by atoms with Crippen molar-refractivity contribution < 1.29 is 22.4 Å². The standard InChI is InChI=1S/C14H9I5O5S/c15-7-3-9(16)13(10(17)4-7)24-2-1-23-8-5-11(18)14(12(19)6-8)25(20,21)22/h3-6H,1-2H2,(H,20,21,22). The molecule has 0 radical (unpaired) electrons. The van der Waals surface area contributed by atoms with Gasteiger partial charge in [0.15, 0.2) is 0 Å². The van der Waals surface area contributed by atoms with Crippen molar-refractivity contribution in [1.82, 2.24) is 0 Å². The maximum Gasteiger partial charge on any atom is 0.296 e. The fourth-order valence-corrected chi connectivity index (χ4v) is 9.72. The van der Waals surface area contributed by atoms with E-state index in [2.05, 4.69) is 67.8 Å². The molecule has 25 heavy (non-hydrogen) atoms. The SMILES string of the molecule is O=S(=O)(O)c1c(I)cc(OCCOc2c(I)cc(I)cc2I)cc1I. The highest BCUT2D eigenvalue weighted by Gasteiger charge is 2.19. The molecule has 1 N–H and O–H groups in total. The van der Waals surface area contributed by atoms with Gasteiger partial charge in [-0.3, -0.25) is 4.55 Å². The van der Waals surface area contributed by atoms with Gasteiger partial charge in [-0.1, -0.05) is 0 Å². The van der Waals surface area contributed by atoms with Gasteiger partial charge in [0.2, 0.25) is 0 Å². The molecule has 0 aliphatic carbocycles. The summed E-state index contributed by atoms with van der Waals surface area (Å²) in [5.41, 5.74) is 0. The van der Waals surface area contributed by atoms with Gasteiger partial charge >= 0.3 is 0 Å². The van der Waals surface area contributed by atoms with Crippen LogP contribution < -0.4 is 9.47 Å². The van der Waals surface area contributed by atoms with Gasteiger partial charge in [0, 0.05) is 10.7 Å². The largest absolute Gasteiger partial charge is 0.490 e. The second-order valence-electron chi connectivity index (χ2n) is 4.59. The summed E-state index contributed by atoms with van der Waals surface area (Å²) in [6.45, 7) is 0.676. The molecule has 0 aromatic heterocycles. The van der Waals surface area contributed by atoms with Gasteiger partial charge < -0.3 is 9.47 Å². The molecule has 2 aromatic carbocycles. The Morgan fingerprint density at radius 3 is 1.76 bits per heavy atom. The van der Waals surface area contributed by atoms with E-state index in [9.17, 15) is 13.0 Å². The van der Waals surface area contributed by atoms with Gasteiger partial charge in [0.1, 0.15) is 29.6 Å². The highest BCUT2D eigenvalue weighted by atomic mass is 127. The quantitative estimate of drug-likeness (QED) is 0.239. The van der Waals surface area contributed by atoms with Crippen LogP contribution in [0.2, 0.25) is 0 Å². The molecule has 136 valence electrons. The third-order valence-corrected chi connectivity index (χ3v) is 8.41. The van der Waals surface area contributed by atoms with E-state index < -0.39 is 10.1 Å². The molecular weight excluding hydrogens is 915 g/mol. The minimum Gasteiger partial charge on any atom is -0.490 e. The van der Waals surface area contributed by atoms with Crippen molar-refractivity contribution >= 4 is 123 Å². The summed E-state index contributed by atoms with van der Waals surface area (Å²) < 4.78 is 47.5. The zero-order chi connectivity index (χ0) is 18.8. The average molecular weight is 924 g/mol. The van der Waals surface area contributed by atoms with Gasteiger partial charge in [-0.25, -0.2) is 0 Å². The van der Waals surface area contributed by atoms with E-state index in [4.69, 9.17) is 9.47 Å². The van der Waals surface area contributed by atoms with Gasteiger partial charge in [0.25, 0.3) is 10.1 Å². The van der Waals surface area contributed by atoms with E-state index in [-0.39, 0.29) is 4.90 Å². The van der Waals surface area contributed by atoms with E-state index in [1.165, 1.54) is 0 Å². The van der Waals surface area contributed by atoms with Crippen LogP contribution >= 0.6 is 113 Å². The third kappa shape index (κ3) is 6.57. The Hall–Kier alpha value is 1.60. The lowest BCUT2D eigenvalue weighted by Crippen LogP contribution is -2.11. The summed E-state index contributed by atoms with van der Waals surface area (Å²) in [7, 11) is -4.25. The summed E-state index contributed by atoms with van der Waals surface area (Å²) >= 11 is 10.5. The van der Waals surface area contributed by atoms with E-state index in [0.29, 0.717) is 26.1 Å².